The standard InChI is InChI=1S/C20H19N/c1-16-9-5-7-13-19(16)20-14-8-6-10-17(20)15-21-18-11-3-2-4-12-18/h2-6,8-12,14-15,21H,1,7,13H2/b17-15?,20-19-. The van der Waals surface area contributed by atoms with Gasteiger partial charge in [0.25, 0.3) is 0 Å². The van der Waals surface area contributed by atoms with Crippen molar-refractivity contribution in [3.63, 3.8) is 0 Å². The van der Waals surface area contributed by atoms with Crippen LogP contribution in [0.5, 0.6) is 0 Å². The van der Waals surface area contributed by atoms with Crippen LogP contribution in [0.2, 0.25) is 0 Å². The second kappa shape index (κ2) is 6.27. The van der Waals surface area contributed by atoms with Crippen LogP contribution in [0.4, 0.5) is 5.69 Å². The van der Waals surface area contributed by atoms with E-state index in [4.69, 9.17) is 0 Å². The molecule has 1 aliphatic rings. The highest BCUT2D eigenvalue weighted by Crippen LogP contribution is 2.20. The Balaban J connectivity index is 2.06. The summed E-state index contributed by atoms with van der Waals surface area (Å²) in [6.45, 7) is 4.17. The average Bonchev–Trinajstić information content (AvgIpc) is 2.55. The van der Waals surface area contributed by atoms with Crippen molar-refractivity contribution in [2.75, 3.05) is 5.32 Å². The van der Waals surface area contributed by atoms with Crippen molar-refractivity contribution in [3.8, 4) is 0 Å². The van der Waals surface area contributed by atoms with E-state index >= 15 is 0 Å². The fraction of sp³-hybridized carbons (Fsp3) is 0.100. The number of allylic oxidation sites excluding steroid dienone is 3. The minimum atomic E-state index is 1.06. The minimum absolute atomic E-state index is 1.06. The van der Waals surface area contributed by atoms with Crippen LogP contribution in [0.15, 0.2) is 78.9 Å². The van der Waals surface area contributed by atoms with Crippen molar-refractivity contribution in [2.24, 2.45) is 0 Å². The summed E-state index contributed by atoms with van der Waals surface area (Å²) in [5.41, 5.74) is 3.57. The predicted molar refractivity (Wildman–Crippen MR) is 91.1 cm³/mol. The molecule has 2 aromatic carbocycles. The molecule has 2 aromatic rings. The molecule has 1 nitrogen and oxygen atoms in total. The van der Waals surface area contributed by atoms with Gasteiger partial charge in [-0.25, -0.2) is 0 Å². The molecule has 1 N–H and O–H groups in total. The molecule has 0 atom stereocenters. The maximum absolute atomic E-state index is 4.17. The molecule has 0 bridgehead atoms. The quantitative estimate of drug-likeness (QED) is 0.881. The van der Waals surface area contributed by atoms with Crippen molar-refractivity contribution in [1.29, 1.82) is 0 Å². The summed E-state index contributed by atoms with van der Waals surface area (Å²) >= 11 is 0. The molecule has 0 saturated heterocycles. The van der Waals surface area contributed by atoms with E-state index in [0.29, 0.717) is 0 Å². The first kappa shape index (κ1) is 13.4. The zero-order valence-corrected chi connectivity index (χ0v) is 12.0. The average molecular weight is 273 g/mol. The minimum Gasteiger partial charge on any atom is -0.361 e. The Bertz CT molecular complexity index is 782. The van der Waals surface area contributed by atoms with Gasteiger partial charge in [0, 0.05) is 11.9 Å². The SMILES string of the molecule is C=C1C=CCC/C1=c1\ccccc1=CNc1ccccc1. The van der Waals surface area contributed by atoms with Crippen LogP contribution in [-0.2, 0) is 0 Å². The Morgan fingerprint density at radius 3 is 2.52 bits per heavy atom. The molecule has 0 unspecified atom stereocenters. The third kappa shape index (κ3) is 3.14. The molecule has 0 aliphatic heterocycles. The summed E-state index contributed by atoms with van der Waals surface area (Å²) in [5.74, 6) is 0. The molecule has 0 heterocycles. The predicted octanol–water partition coefficient (Wildman–Crippen LogP) is 3.59. The molecule has 21 heavy (non-hydrogen) atoms. The normalized spacial score (nSPS) is 17.9. The van der Waals surface area contributed by atoms with Crippen LogP contribution in [0, 0.1) is 0 Å². The summed E-state index contributed by atoms with van der Waals surface area (Å²) in [6.07, 6.45) is 8.55. The number of benzene rings is 2. The van der Waals surface area contributed by atoms with Gasteiger partial charge in [-0.3, -0.25) is 0 Å². The van der Waals surface area contributed by atoms with E-state index in [0.717, 1.165) is 24.1 Å². The van der Waals surface area contributed by atoms with Gasteiger partial charge in [0.2, 0.25) is 0 Å². The smallest absolute Gasteiger partial charge is 0.0379 e. The van der Waals surface area contributed by atoms with Gasteiger partial charge in [-0.05, 0) is 46.6 Å². The van der Waals surface area contributed by atoms with Crippen molar-refractivity contribution >= 4 is 17.5 Å². The topological polar surface area (TPSA) is 12.0 Å². The van der Waals surface area contributed by atoms with E-state index < -0.39 is 0 Å². The molecule has 0 spiro atoms. The monoisotopic (exact) mass is 273 g/mol. The maximum atomic E-state index is 4.17. The maximum Gasteiger partial charge on any atom is 0.0379 e. The summed E-state index contributed by atoms with van der Waals surface area (Å²) in [6, 6.07) is 18.7. The molecule has 0 fully saturated rings. The Hall–Kier alpha value is -2.54. The van der Waals surface area contributed by atoms with Crippen molar-refractivity contribution in [2.45, 2.75) is 12.8 Å². The van der Waals surface area contributed by atoms with E-state index in [9.17, 15) is 0 Å². The van der Waals surface area contributed by atoms with Gasteiger partial charge in [-0.15, -0.1) is 0 Å². The lowest BCUT2D eigenvalue weighted by molar-refractivity contribution is 1.04. The van der Waals surface area contributed by atoms with E-state index in [-0.39, 0.29) is 0 Å². The van der Waals surface area contributed by atoms with Gasteiger partial charge in [-0.1, -0.05) is 61.2 Å². The molecular weight excluding hydrogens is 254 g/mol. The lowest BCUT2D eigenvalue weighted by Crippen LogP contribution is -2.28. The largest absolute Gasteiger partial charge is 0.361 e. The second-order valence-electron chi connectivity index (χ2n) is 5.19. The zero-order valence-electron chi connectivity index (χ0n) is 12.0. The van der Waals surface area contributed by atoms with Gasteiger partial charge in [0.1, 0.15) is 0 Å². The highest BCUT2D eigenvalue weighted by atomic mass is 14.8. The Morgan fingerprint density at radius 2 is 1.71 bits per heavy atom. The zero-order chi connectivity index (χ0) is 14.5. The first-order valence-electron chi connectivity index (χ1n) is 7.30. The molecule has 0 saturated carbocycles. The van der Waals surface area contributed by atoms with Crippen LogP contribution in [-0.4, -0.2) is 0 Å². The molecule has 1 aliphatic carbocycles. The number of rotatable bonds is 2. The van der Waals surface area contributed by atoms with Crippen molar-refractivity contribution in [1.82, 2.24) is 0 Å². The highest BCUT2D eigenvalue weighted by Gasteiger charge is 2.05. The highest BCUT2D eigenvalue weighted by molar-refractivity contribution is 5.69. The van der Waals surface area contributed by atoms with Crippen LogP contribution in [0.3, 0.4) is 0 Å². The van der Waals surface area contributed by atoms with Crippen molar-refractivity contribution in [3.05, 3.63) is 89.3 Å². The Labute approximate surface area is 125 Å². The number of hydrogen-bond donors (Lipinski definition) is 1. The Morgan fingerprint density at radius 1 is 0.952 bits per heavy atom. The van der Waals surface area contributed by atoms with Crippen LogP contribution in [0.25, 0.3) is 11.8 Å². The first-order valence-corrected chi connectivity index (χ1v) is 7.30. The third-order valence-corrected chi connectivity index (χ3v) is 3.72. The number of nitrogens with one attached hydrogen (secondary N) is 1. The fourth-order valence-corrected chi connectivity index (χ4v) is 2.62. The molecule has 0 radical (unpaired) electrons. The lowest BCUT2D eigenvalue weighted by Gasteiger charge is -2.11. The van der Waals surface area contributed by atoms with E-state index in [2.05, 4.69) is 66.6 Å². The second-order valence-corrected chi connectivity index (χ2v) is 5.19. The van der Waals surface area contributed by atoms with E-state index in [1.165, 1.54) is 16.0 Å². The number of anilines is 1. The number of hydrogen-bond acceptors (Lipinski definition) is 1. The van der Waals surface area contributed by atoms with Crippen LogP contribution < -0.4 is 15.8 Å². The van der Waals surface area contributed by atoms with E-state index in [1.807, 2.05) is 18.2 Å². The summed E-state index contributed by atoms with van der Waals surface area (Å²) in [4.78, 5) is 0. The summed E-state index contributed by atoms with van der Waals surface area (Å²) in [7, 11) is 0. The number of para-hydroxylation sites is 1. The van der Waals surface area contributed by atoms with E-state index in [1.54, 1.807) is 0 Å². The molecule has 0 aromatic heterocycles. The molecule has 104 valence electrons. The van der Waals surface area contributed by atoms with Gasteiger partial charge in [0.15, 0.2) is 0 Å². The van der Waals surface area contributed by atoms with Crippen LogP contribution in [0.1, 0.15) is 12.8 Å². The lowest BCUT2D eigenvalue weighted by atomic mass is 9.94. The third-order valence-electron chi connectivity index (χ3n) is 3.72. The van der Waals surface area contributed by atoms with Gasteiger partial charge < -0.3 is 5.32 Å². The van der Waals surface area contributed by atoms with Gasteiger partial charge in [-0.2, -0.15) is 0 Å². The molecular formula is C20H19N. The molecule has 1 heteroatoms. The van der Waals surface area contributed by atoms with Gasteiger partial charge >= 0.3 is 0 Å². The fourth-order valence-electron chi connectivity index (χ4n) is 2.62. The summed E-state index contributed by atoms with van der Waals surface area (Å²) in [5, 5.41) is 5.84. The molecule has 3 rings (SSSR count). The summed E-state index contributed by atoms with van der Waals surface area (Å²) < 4.78 is 0. The Kier molecular flexibility index (Phi) is 4.02. The first-order chi connectivity index (χ1) is 10.3. The van der Waals surface area contributed by atoms with Crippen molar-refractivity contribution < 1.29 is 0 Å². The van der Waals surface area contributed by atoms with Crippen LogP contribution >= 0.6 is 0 Å². The van der Waals surface area contributed by atoms with Gasteiger partial charge in [0.05, 0.1) is 0 Å². The molecule has 0 amide bonds.